The molecule has 1 aromatic rings. The minimum atomic E-state index is 0.0167. The van der Waals surface area contributed by atoms with Crippen LogP contribution in [0.3, 0.4) is 0 Å². The van der Waals surface area contributed by atoms with Gasteiger partial charge in [0.15, 0.2) is 0 Å². The summed E-state index contributed by atoms with van der Waals surface area (Å²) in [6.45, 7) is 6.21. The fourth-order valence-corrected chi connectivity index (χ4v) is 1.55. The molecule has 0 atom stereocenters. The van der Waals surface area contributed by atoms with E-state index in [1.165, 1.54) is 0 Å². The second kappa shape index (κ2) is 5.21. The van der Waals surface area contributed by atoms with E-state index in [9.17, 15) is 4.79 Å². The van der Waals surface area contributed by atoms with Crippen LogP contribution >= 0.6 is 0 Å². The number of nitrogens with zero attached hydrogens (tertiary/aromatic N) is 2. The standard InChI is InChI=1S/C14H22N2O/c1-14(2,3)11-13(17)16(5)15(4)12-9-7-6-8-10-12/h6-10H,11H2,1-5H3. The average Bonchev–Trinajstić information content (AvgIpc) is 2.26. The quantitative estimate of drug-likeness (QED) is 0.751. The number of anilines is 1. The molecule has 3 heteroatoms. The molecule has 0 saturated heterocycles. The molecular weight excluding hydrogens is 212 g/mol. The number of hydrazine groups is 1. The van der Waals surface area contributed by atoms with Crippen LogP contribution in [0.15, 0.2) is 30.3 Å². The minimum absolute atomic E-state index is 0.0167. The molecule has 0 aliphatic carbocycles. The highest BCUT2D eigenvalue weighted by atomic mass is 16.2. The number of hydrogen-bond acceptors (Lipinski definition) is 2. The zero-order valence-corrected chi connectivity index (χ0v) is 11.4. The molecule has 0 heterocycles. The van der Waals surface area contributed by atoms with Gasteiger partial charge in [-0.3, -0.25) is 14.8 Å². The lowest BCUT2D eigenvalue weighted by molar-refractivity contribution is -0.132. The summed E-state index contributed by atoms with van der Waals surface area (Å²) in [6, 6.07) is 9.87. The first kappa shape index (κ1) is 13.6. The van der Waals surface area contributed by atoms with E-state index in [-0.39, 0.29) is 11.3 Å². The largest absolute Gasteiger partial charge is 0.286 e. The Morgan fingerprint density at radius 1 is 1.12 bits per heavy atom. The molecular formula is C14H22N2O. The zero-order chi connectivity index (χ0) is 13.1. The molecule has 0 spiro atoms. The lowest BCUT2D eigenvalue weighted by Gasteiger charge is -2.32. The lowest BCUT2D eigenvalue weighted by atomic mass is 9.92. The summed E-state index contributed by atoms with van der Waals surface area (Å²) in [7, 11) is 3.71. The molecule has 0 fully saturated rings. The second-order valence-corrected chi connectivity index (χ2v) is 5.51. The first-order chi connectivity index (χ1) is 7.81. The van der Waals surface area contributed by atoms with Gasteiger partial charge in [0.1, 0.15) is 0 Å². The van der Waals surface area contributed by atoms with Crippen molar-refractivity contribution in [2.75, 3.05) is 19.1 Å². The van der Waals surface area contributed by atoms with E-state index in [2.05, 4.69) is 20.8 Å². The molecule has 0 N–H and O–H groups in total. The maximum atomic E-state index is 12.1. The van der Waals surface area contributed by atoms with Crippen LogP contribution in [-0.4, -0.2) is 25.0 Å². The van der Waals surface area contributed by atoms with Crippen molar-refractivity contribution >= 4 is 11.6 Å². The van der Waals surface area contributed by atoms with E-state index in [0.29, 0.717) is 6.42 Å². The van der Waals surface area contributed by atoms with Gasteiger partial charge in [-0.1, -0.05) is 39.0 Å². The van der Waals surface area contributed by atoms with Gasteiger partial charge in [-0.2, -0.15) is 0 Å². The Kier molecular flexibility index (Phi) is 4.16. The maximum Gasteiger partial charge on any atom is 0.241 e. The number of para-hydroxylation sites is 1. The Labute approximate surface area is 104 Å². The van der Waals surface area contributed by atoms with Gasteiger partial charge in [-0.05, 0) is 17.5 Å². The van der Waals surface area contributed by atoms with Crippen LogP contribution in [0.25, 0.3) is 0 Å². The van der Waals surface area contributed by atoms with Crippen LogP contribution in [-0.2, 0) is 4.79 Å². The van der Waals surface area contributed by atoms with Gasteiger partial charge in [0.25, 0.3) is 0 Å². The smallest absolute Gasteiger partial charge is 0.241 e. The van der Waals surface area contributed by atoms with E-state index in [0.717, 1.165) is 5.69 Å². The SMILES string of the molecule is CN(C(=O)CC(C)(C)C)N(C)c1ccccc1. The van der Waals surface area contributed by atoms with E-state index in [1.54, 1.807) is 12.1 Å². The van der Waals surface area contributed by atoms with Gasteiger partial charge < -0.3 is 0 Å². The fourth-order valence-electron chi connectivity index (χ4n) is 1.55. The van der Waals surface area contributed by atoms with Crippen molar-refractivity contribution in [2.24, 2.45) is 5.41 Å². The number of benzene rings is 1. The predicted octanol–water partition coefficient (Wildman–Crippen LogP) is 2.93. The number of rotatable bonds is 3. The Balaban J connectivity index is 2.70. The van der Waals surface area contributed by atoms with Gasteiger partial charge in [0, 0.05) is 20.5 Å². The molecule has 0 aliphatic rings. The molecule has 17 heavy (non-hydrogen) atoms. The van der Waals surface area contributed by atoms with Crippen molar-refractivity contribution in [1.29, 1.82) is 0 Å². The van der Waals surface area contributed by atoms with Crippen LogP contribution in [0, 0.1) is 5.41 Å². The minimum Gasteiger partial charge on any atom is -0.286 e. The number of carbonyl (C=O) groups excluding carboxylic acids is 1. The van der Waals surface area contributed by atoms with Crippen molar-refractivity contribution in [1.82, 2.24) is 5.01 Å². The monoisotopic (exact) mass is 234 g/mol. The van der Waals surface area contributed by atoms with Gasteiger partial charge in [0.05, 0.1) is 5.69 Å². The average molecular weight is 234 g/mol. The van der Waals surface area contributed by atoms with Crippen LogP contribution in [0.2, 0.25) is 0 Å². The Bertz CT molecular complexity index is 368. The normalized spacial score (nSPS) is 11.1. The lowest BCUT2D eigenvalue weighted by Crippen LogP contribution is -2.42. The Morgan fingerprint density at radius 2 is 1.65 bits per heavy atom. The number of carbonyl (C=O) groups is 1. The highest BCUT2D eigenvalue weighted by molar-refractivity contribution is 5.78. The topological polar surface area (TPSA) is 23.6 Å². The molecule has 0 aliphatic heterocycles. The summed E-state index contributed by atoms with van der Waals surface area (Å²) in [5, 5.41) is 3.54. The van der Waals surface area contributed by atoms with Crippen molar-refractivity contribution in [3.63, 3.8) is 0 Å². The first-order valence-electron chi connectivity index (χ1n) is 5.86. The molecule has 0 radical (unpaired) electrons. The third-order valence-electron chi connectivity index (χ3n) is 2.62. The van der Waals surface area contributed by atoms with Crippen LogP contribution < -0.4 is 5.01 Å². The fraction of sp³-hybridized carbons (Fsp3) is 0.500. The molecule has 0 saturated carbocycles. The molecule has 0 aromatic heterocycles. The highest BCUT2D eigenvalue weighted by Gasteiger charge is 2.21. The van der Waals surface area contributed by atoms with Crippen LogP contribution in [0.4, 0.5) is 5.69 Å². The summed E-state index contributed by atoms with van der Waals surface area (Å²) in [4.78, 5) is 12.1. The number of hydrogen-bond donors (Lipinski definition) is 0. The van der Waals surface area contributed by atoms with Gasteiger partial charge in [0.2, 0.25) is 5.91 Å². The summed E-state index contributed by atoms with van der Waals surface area (Å²) < 4.78 is 0. The maximum absolute atomic E-state index is 12.1. The highest BCUT2D eigenvalue weighted by Crippen LogP contribution is 2.21. The predicted molar refractivity (Wildman–Crippen MR) is 71.7 cm³/mol. The van der Waals surface area contributed by atoms with Gasteiger partial charge >= 0.3 is 0 Å². The summed E-state index contributed by atoms with van der Waals surface area (Å²) in [5.74, 6) is 0.129. The summed E-state index contributed by atoms with van der Waals surface area (Å²) >= 11 is 0. The van der Waals surface area contributed by atoms with Crippen LogP contribution in [0.1, 0.15) is 27.2 Å². The molecule has 3 nitrogen and oxygen atoms in total. The van der Waals surface area contributed by atoms with Gasteiger partial charge in [-0.25, -0.2) is 0 Å². The van der Waals surface area contributed by atoms with E-state index in [1.807, 2.05) is 42.4 Å². The van der Waals surface area contributed by atoms with E-state index < -0.39 is 0 Å². The van der Waals surface area contributed by atoms with Gasteiger partial charge in [-0.15, -0.1) is 0 Å². The molecule has 94 valence electrons. The summed E-state index contributed by atoms with van der Waals surface area (Å²) in [5.41, 5.74) is 1.03. The van der Waals surface area contributed by atoms with E-state index in [4.69, 9.17) is 0 Å². The van der Waals surface area contributed by atoms with Crippen molar-refractivity contribution in [3.05, 3.63) is 30.3 Å². The molecule has 1 rings (SSSR count). The van der Waals surface area contributed by atoms with E-state index >= 15 is 0 Å². The molecule has 0 bridgehead atoms. The second-order valence-electron chi connectivity index (χ2n) is 5.51. The third-order valence-corrected chi connectivity index (χ3v) is 2.62. The summed E-state index contributed by atoms with van der Waals surface area (Å²) in [6.07, 6.45) is 0.542. The molecule has 0 unspecified atom stereocenters. The Hall–Kier alpha value is -1.51. The van der Waals surface area contributed by atoms with Crippen molar-refractivity contribution in [2.45, 2.75) is 27.2 Å². The molecule has 1 amide bonds. The Morgan fingerprint density at radius 3 is 2.12 bits per heavy atom. The van der Waals surface area contributed by atoms with Crippen molar-refractivity contribution < 1.29 is 4.79 Å². The number of amides is 1. The van der Waals surface area contributed by atoms with Crippen molar-refractivity contribution in [3.8, 4) is 0 Å². The first-order valence-corrected chi connectivity index (χ1v) is 5.86. The zero-order valence-electron chi connectivity index (χ0n) is 11.4. The molecule has 1 aromatic carbocycles. The van der Waals surface area contributed by atoms with Crippen LogP contribution in [0.5, 0.6) is 0 Å². The third kappa shape index (κ3) is 4.10.